The standard InChI is InChI=1S/C17H26N4O2S.HI/c1-2-18-17(21-15-8-9-16(22)20-12-15)19-10-11-24(23)13-14-6-4-3-5-7-14;/h3-7,15H,2,8-13H2,1H3,(H,20,22)(H2,18,19,21);1H. The summed E-state index contributed by atoms with van der Waals surface area (Å²) in [6, 6.07) is 10.0. The number of rotatable bonds is 7. The first-order valence-electron chi connectivity index (χ1n) is 8.38. The zero-order chi connectivity index (χ0) is 17.2. The summed E-state index contributed by atoms with van der Waals surface area (Å²) in [6.07, 6.45) is 1.34. The number of halogens is 1. The number of nitrogens with one attached hydrogen (secondary N) is 3. The Morgan fingerprint density at radius 1 is 1.36 bits per heavy atom. The lowest BCUT2D eigenvalue weighted by Gasteiger charge is -2.25. The summed E-state index contributed by atoms with van der Waals surface area (Å²) < 4.78 is 12.1. The van der Waals surface area contributed by atoms with Crippen molar-refractivity contribution >= 4 is 46.6 Å². The number of guanidine groups is 1. The molecule has 140 valence electrons. The zero-order valence-electron chi connectivity index (χ0n) is 14.5. The fraction of sp³-hybridized carbons (Fsp3) is 0.529. The second-order valence-electron chi connectivity index (χ2n) is 5.72. The SMILES string of the molecule is CCNC(=NCCS(=O)Cc1ccccc1)NC1CCC(=O)NC1.I. The van der Waals surface area contributed by atoms with Gasteiger partial charge in [-0.15, -0.1) is 24.0 Å². The van der Waals surface area contributed by atoms with Crippen molar-refractivity contribution in [3.63, 3.8) is 0 Å². The van der Waals surface area contributed by atoms with Crippen LogP contribution in [0.1, 0.15) is 25.3 Å². The lowest BCUT2D eigenvalue weighted by atomic mass is 10.1. The fourth-order valence-corrected chi connectivity index (χ4v) is 3.46. The molecule has 2 atom stereocenters. The second kappa shape index (κ2) is 12.2. The van der Waals surface area contributed by atoms with Crippen LogP contribution in [0.25, 0.3) is 0 Å². The molecule has 0 saturated carbocycles. The largest absolute Gasteiger partial charge is 0.357 e. The molecule has 6 nitrogen and oxygen atoms in total. The summed E-state index contributed by atoms with van der Waals surface area (Å²) in [5.74, 6) is 1.92. The van der Waals surface area contributed by atoms with Crippen molar-refractivity contribution in [1.29, 1.82) is 0 Å². The summed E-state index contributed by atoms with van der Waals surface area (Å²) in [4.78, 5) is 15.7. The van der Waals surface area contributed by atoms with E-state index in [1.807, 2.05) is 37.3 Å². The molecular weight excluding hydrogens is 451 g/mol. The molecule has 1 saturated heterocycles. The minimum atomic E-state index is -0.922. The predicted octanol–water partition coefficient (Wildman–Crippen LogP) is 1.39. The number of nitrogens with zero attached hydrogens (tertiary/aromatic N) is 1. The van der Waals surface area contributed by atoms with Gasteiger partial charge in [-0.3, -0.25) is 14.0 Å². The van der Waals surface area contributed by atoms with Crippen LogP contribution in [0.5, 0.6) is 0 Å². The minimum absolute atomic E-state index is 0. The summed E-state index contributed by atoms with van der Waals surface area (Å²) in [5.41, 5.74) is 1.09. The number of carbonyl (C=O) groups excluding carboxylic acids is 1. The van der Waals surface area contributed by atoms with Crippen molar-refractivity contribution in [3.05, 3.63) is 35.9 Å². The molecule has 1 fully saturated rings. The van der Waals surface area contributed by atoms with Crippen LogP contribution in [0.2, 0.25) is 0 Å². The van der Waals surface area contributed by atoms with E-state index in [2.05, 4.69) is 20.9 Å². The Bertz CT molecular complexity index is 573. The fourth-order valence-electron chi connectivity index (χ4n) is 2.46. The van der Waals surface area contributed by atoms with Crippen LogP contribution >= 0.6 is 24.0 Å². The maximum atomic E-state index is 12.1. The topological polar surface area (TPSA) is 82.6 Å². The van der Waals surface area contributed by atoms with E-state index in [9.17, 15) is 9.00 Å². The molecule has 0 radical (unpaired) electrons. The number of hydrogen-bond acceptors (Lipinski definition) is 3. The van der Waals surface area contributed by atoms with Crippen molar-refractivity contribution in [2.45, 2.75) is 31.6 Å². The van der Waals surface area contributed by atoms with E-state index in [-0.39, 0.29) is 35.9 Å². The Hall–Kier alpha value is -1.16. The third kappa shape index (κ3) is 8.66. The van der Waals surface area contributed by atoms with Crippen molar-refractivity contribution in [3.8, 4) is 0 Å². The van der Waals surface area contributed by atoms with Crippen LogP contribution in [0.4, 0.5) is 0 Å². The first-order chi connectivity index (χ1) is 11.7. The van der Waals surface area contributed by atoms with Gasteiger partial charge in [0.25, 0.3) is 0 Å². The van der Waals surface area contributed by atoms with Gasteiger partial charge in [0.05, 0.1) is 6.54 Å². The molecule has 1 aliphatic heterocycles. The molecular formula is C17H27IN4O2S. The molecule has 1 heterocycles. The summed E-state index contributed by atoms with van der Waals surface area (Å²) in [6.45, 7) is 3.89. The Kier molecular flexibility index (Phi) is 10.7. The minimum Gasteiger partial charge on any atom is -0.357 e. The molecule has 0 aliphatic carbocycles. The molecule has 2 unspecified atom stereocenters. The number of carbonyl (C=O) groups is 1. The van der Waals surface area contributed by atoms with E-state index < -0.39 is 10.8 Å². The van der Waals surface area contributed by atoms with Gasteiger partial charge in [-0.25, -0.2) is 0 Å². The molecule has 0 bridgehead atoms. The molecule has 1 aromatic rings. The smallest absolute Gasteiger partial charge is 0.220 e. The van der Waals surface area contributed by atoms with Crippen LogP contribution in [0, 0.1) is 0 Å². The molecule has 0 spiro atoms. The van der Waals surface area contributed by atoms with Crippen LogP contribution in [-0.2, 0) is 21.3 Å². The maximum absolute atomic E-state index is 12.1. The number of hydrogen-bond donors (Lipinski definition) is 3. The molecule has 0 aromatic heterocycles. The van der Waals surface area contributed by atoms with Crippen molar-refractivity contribution < 1.29 is 9.00 Å². The second-order valence-corrected chi connectivity index (χ2v) is 7.30. The van der Waals surface area contributed by atoms with Gasteiger partial charge in [0.2, 0.25) is 5.91 Å². The van der Waals surface area contributed by atoms with E-state index in [4.69, 9.17) is 0 Å². The van der Waals surface area contributed by atoms with Gasteiger partial charge in [-0.05, 0) is 18.9 Å². The van der Waals surface area contributed by atoms with Gasteiger partial charge in [0, 0.05) is 47.9 Å². The zero-order valence-corrected chi connectivity index (χ0v) is 17.6. The van der Waals surface area contributed by atoms with Crippen LogP contribution in [0.3, 0.4) is 0 Å². The number of benzene rings is 1. The van der Waals surface area contributed by atoms with Crippen LogP contribution < -0.4 is 16.0 Å². The third-order valence-corrected chi connectivity index (χ3v) is 5.00. The molecule has 1 aromatic carbocycles. The number of amides is 1. The average molecular weight is 478 g/mol. The highest BCUT2D eigenvalue weighted by Gasteiger charge is 2.18. The van der Waals surface area contributed by atoms with Crippen LogP contribution in [0.15, 0.2) is 35.3 Å². The molecule has 3 N–H and O–H groups in total. The Morgan fingerprint density at radius 2 is 2.12 bits per heavy atom. The molecule has 8 heteroatoms. The summed E-state index contributed by atoms with van der Waals surface area (Å²) in [5, 5.41) is 9.37. The summed E-state index contributed by atoms with van der Waals surface area (Å²) in [7, 11) is -0.922. The van der Waals surface area contributed by atoms with Gasteiger partial charge in [-0.1, -0.05) is 30.3 Å². The van der Waals surface area contributed by atoms with Gasteiger partial charge in [0.15, 0.2) is 5.96 Å². The first-order valence-corrected chi connectivity index (χ1v) is 9.86. The third-order valence-electron chi connectivity index (χ3n) is 3.71. The van der Waals surface area contributed by atoms with E-state index in [1.54, 1.807) is 0 Å². The van der Waals surface area contributed by atoms with Gasteiger partial charge >= 0.3 is 0 Å². The monoisotopic (exact) mass is 478 g/mol. The number of piperidine rings is 1. The molecule has 25 heavy (non-hydrogen) atoms. The van der Waals surface area contributed by atoms with Gasteiger partial charge in [0.1, 0.15) is 0 Å². The highest BCUT2D eigenvalue weighted by Crippen LogP contribution is 2.04. The Balaban J connectivity index is 0.00000312. The summed E-state index contributed by atoms with van der Waals surface area (Å²) >= 11 is 0. The predicted molar refractivity (Wildman–Crippen MR) is 114 cm³/mol. The highest BCUT2D eigenvalue weighted by atomic mass is 127. The van der Waals surface area contributed by atoms with Gasteiger partial charge < -0.3 is 16.0 Å². The van der Waals surface area contributed by atoms with Crippen molar-refractivity contribution in [2.75, 3.05) is 25.4 Å². The maximum Gasteiger partial charge on any atom is 0.220 e. The van der Waals surface area contributed by atoms with Crippen molar-refractivity contribution in [2.24, 2.45) is 4.99 Å². The Labute approximate surface area is 169 Å². The quantitative estimate of drug-likeness (QED) is 0.314. The lowest BCUT2D eigenvalue weighted by molar-refractivity contribution is -0.122. The van der Waals surface area contributed by atoms with E-state index in [0.29, 0.717) is 31.0 Å². The number of aliphatic imine (C=N–C) groups is 1. The molecule has 2 rings (SSSR count). The highest BCUT2D eigenvalue weighted by molar-refractivity contribution is 14.0. The van der Waals surface area contributed by atoms with E-state index >= 15 is 0 Å². The van der Waals surface area contributed by atoms with Gasteiger partial charge in [-0.2, -0.15) is 0 Å². The normalized spacial score (nSPS) is 18.7. The lowest BCUT2D eigenvalue weighted by Crippen LogP contribution is -2.51. The molecule has 1 amide bonds. The van der Waals surface area contributed by atoms with E-state index in [0.717, 1.165) is 24.5 Å². The average Bonchev–Trinajstić information content (AvgIpc) is 2.58. The first kappa shape index (κ1) is 21.9. The molecule has 1 aliphatic rings. The van der Waals surface area contributed by atoms with E-state index in [1.165, 1.54) is 0 Å². The Morgan fingerprint density at radius 3 is 2.76 bits per heavy atom. The van der Waals surface area contributed by atoms with Crippen molar-refractivity contribution in [1.82, 2.24) is 16.0 Å². The van der Waals surface area contributed by atoms with Crippen LogP contribution in [-0.4, -0.2) is 47.5 Å².